The molecule has 1 amide bonds. The van der Waals surface area contributed by atoms with Crippen molar-refractivity contribution in [2.45, 2.75) is 58.9 Å². The first-order valence-electron chi connectivity index (χ1n) is 9.20. The predicted octanol–water partition coefficient (Wildman–Crippen LogP) is 2.33. The molecule has 0 aromatic heterocycles. The van der Waals surface area contributed by atoms with Crippen molar-refractivity contribution in [2.24, 2.45) is 0 Å². The number of benzene rings is 1. The topological polar surface area (TPSA) is 88.1 Å². The van der Waals surface area contributed by atoms with Gasteiger partial charge in [-0.2, -0.15) is 0 Å². The molecule has 27 heavy (non-hydrogen) atoms. The second kappa shape index (κ2) is 10.9. The van der Waals surface area contributed by atoms with E-state index in [0.29, 0.717) is 13.2 Å². The normalized spacial score (nSPS) is 13.7. The third-order valence-electron chi connectivity index (χ3n) is 3.67. The molecule has 0 aliphatic carbocycles. The first-order valence-corrected chi connectivity index (χ1v) is 9.20. The number of hydrogen-bond donors (Lipinski definition) is 2. The summed E-state index contributed by atoms with van der Waals surface area (Å²) in [6, 6.07) is 9.11. The SMILES string of the molecule is CCOC(=O)CN(Cc1ccccc1)CC(O)[C@@H](C)NC(=O)OC(C)(C)C. The molecule has 0 saturated carbocycles. The largest absolute Gasteiger partial charge is 0.465 e. The number of nitrogens with zero attached hydrogens (tertiary/aromatic N) is 1. The van der Waals surface area contributed by atoms with E-state index in [4.69, 9.17) is 9.47 Å². The molecular weight excluding hydrogens is 348 g/mol. The Bertz CT molecular complexity index is 586. The Labute approximate surface area is 161 Å². The van der Waals surface area contributed by atoms with Crippen molar-refractivity contribution in [3.63, 3.8) is 0 Å². The number of aliphatic hydroxyl groups excluding tert-OH is 1. The zero-order chi connectivity index (χ0) is 20.4. The standard InChI is InChI=1S/C20H32N2O5/c1-6-26-18(24)14-22(12-16-10-8-7-9-11-16)13-17(23)15(2)21-19(25)27-20(3,4)5/h7-11,15,17,23H,6,12-14H2,1-5H3,(H,21,25)/t15-,17?/m1/s1. The molecule has 0 spiro atoms. The monoisotopic (exact) mass is 380 g/mol. The van der Waals surface area contributed by atoms with Crippen LogP contribution in [0.25, 0.3) is 0 Å². The number of esters is 1. The van der Waals surface area contributed by atoms with E-state index < -0.39 is 23.8 Å². The highest BCUT2D eigenvalue weighted by Gasteiger charge is 2.24. The highest BCUT2D eigenvalue weighted by Crippen LogP contribution is 2.09. The Morgan fingerprint density at radius 3 is 2.41 bits per heavy atom. The van der Waals surface area contributed by atoms with Crippen LogP contribution in [0.4, 0.5) is 4.79 Å². The predicted molar refractivity (Wildman–Crippen MR) is 103 cm³/mol. The molecule has 1 unspecified atom stereocenters. The quantitative estimate of drug-likeness (QED) is 0.639. The lowest BCUT2D eigenvalue weighted by Crippen LogP contribution is -2.48. The first-order chi connectivity index (χ1) is 12.6. The van der Waals surface area contributed by atoms with E-state index in [0.717, 1.165) is 5.56 Å². The lowest BCUT2D eigenvalue weighted by Gasteiger charge is -2.28. The molecule has 1 rings (SSSR count). The van der Waals surface area contributed by atoms with Crippen LogP contribution in [0.5, 0.6) is 0 Å². The summed E-state index contributed by atoms with van der Waals surface area (Å²) in [7, 11) is 0. The Balaban J connectivity index is 2.68. The molecule has 1 aromatic carbocycles. The van der Waals surface area contributed by atoms with Gasteiger partial charge in [-0.15, -0.1) is 0 Å². The van der Waals surface area contributed by atoms with Crippen molar-refractivity contribution in [3.05, 3.63) is 35.9 Å². The summed E-state index contributed by atoms with van der Waals surface area (Å²) in [5.41, 5.74) is 0.402. The molecule has 152 valence electrons. The molecule has 2 atom stereocenters. The average molecular weight is 380 g/mol. The van der Waals surface area contributed by atoms with Gasteiger partial charge >= 0.3 is 12.1 Å². The minimum absolute atomic E-state index is 0.0545. The first kappa shape index (κ1) is 22.9. The van der Waals surface area contributed by atoms with Crippen LogP contribution in [0.1, 0.15) is 40.2 Å². The minimum Gasteiger partial charge on any atom is -0.465 e. The Morgan fingerprint density at radius 1 is 1.22 bits per heavy atom. The van der Waals surface area contributed by atoms with Crippen LogP contribution in [-0.2, 0) is 20.8 Å². The van der Waals surface area contributed by atoms with Gasteiger partial charge in [0.2, 0.25) is 0 Å². The lowest BCUT2D eigenvalue weighted by molar-refractivity contribution is -0.145. The third-order valence-corrected chi connectivity index (χ3v) is 3.67. The molecule has 7 nitrogen and oxygen atoms in total. The highest BCUT2D eigenvalue weighted by atomic mass is 16.6. The van der Waals surface area contributed by atoms with Gasteiger partial charge in [-0.05, 0) is 40.2 Å². The summed E-state index contributed by atoms with van der Waals surface area (Å²) >= 11 is 0. The van der Waals surface area contributed by atoms with Crippen LogP contribution in [0, 0.1) is 0 Å². The van der Waals surface area contributed by atoms with E-state index in [-0.39, 0.29) is 19.1 Å². The van der Waals surface area contributed by atoms with Crippen LogP contribution in [-0.4, -0.2) is 59.5 Å². The number of alkyl carbamates (subject to hydrolysis) is 1. The van der Waals surface area contributed by atoms with Crippen LogP contribution >= 0.6 is 0 Å². The Morgan fingerprint density at radius 2 is 1.85 bits per heavy atom. The van der Waals surface area contributed by atoms with Crippen molar-refractivity contribution in [1.82, 2.24) is 10.2 Å². The number of carbonyl (C=O) groups excluding carboxylic acids is 2. The van der Waals surface area contributed by atoms with Gasteiger partial charge < -0.3 is 19.9 Å². The van der Waals surface area contributed by atoms with Crippen molar-refractivity contribution < 1.29 is 24.2 Å². The number of hydrogen-bond acceptors (Lipinski definition) is 6. The van der Waals surface area contributed by atoms with E-state index in [1.165, 1.54) is 0 Å². The zero-order valence-corrected chi connectivity index (χ0v) is 16.9. The Kier molecular flexibility index (Phi) is 9.25. The van der Waals surface area contributed by atoms with Gasteiger partial charge in [0.1, 0.15) is 5.60 Å². The van der Waals surface area contributed by atoms with E-state index in [1.54, 1.807) is 39.5 Å². The molecule has 0 heterocycles. The van der Waals surface area contributed by atoms with Crippen LogP contribution in [0.2, 0.25) is 0 Å². The molecular formula is C20H32N2O5. The molecule has 0 aliphatic heterocycles. The molecule has 0 saturated heterocycles. The summed E-state index contributed by atoms with van der Waals surface area (Å²) in [4.78, 5) is 25.6. The van der Waals surface area contributed by atoms with E-state index in [2.05, 4.69) is 5.32 Å². The van der Waals surface area contributed by atoms with E-state index in [1.807, 2.05) is 30.3 Å². The summed E-state index contributed by atoms with van der Waals surface area (Å²) in [6.07, 6.45) is -1.47. The van der Waals surface area contributed by atoms with Crippen LogP contribution < -0.4 is 5.32 Å². The number of aliphatic hydroxyl groups is 1. The molecule has 0 fully saturated rings. The number of carbonyl (C=O) groups is 2. The van der Waals surface area contributed by atoms with Crippen molar-refractivity contribution >= 4 is 12.1 Å². The molecule has 0 bridgehead atoms. The van der Waals surface area contributed by atoms with Crippen molar-refractivity contribution in [2.75, 3.05) is 19.7 Å². The molecule has 1 aromatic rings. The minimum atomic E-state index is -0.879. The third kappa shape index (κ3) is 9.96. The summed E-state index contributed by atoms with van der Waals surface area (Å²) in [6.45, 7) is 9.80. The number of rotatable bonds is 9. The summed E-state index contributed by atoms with van der Waals surface area (Å²) in [5, 5.41) is 13.1. The van der Waals surface area contributed by atoms with E-state index in [9.17, 15) is 14.7 Å². The fraction of sp³-hybridized carbons (Fsp3) is 0.600. The molecule has 2 N–H and O–H groups in total. The zero-order valence-electron chi connectivity index (χ0n) is 16.9. The van der Waals surface area contributed by atoms with Gasteiger partial charge in [-0.3, -0.25) is 9.69 Å². The smallest absolute Gasteiger partial charge is 0.407 e. The van der Waals surface area contributed by atoms with Crippen molar-refractivity contribution in [1.29, 1.82) is 0 Å². The van der Waals surface area contributed by atoms with Gasteiger partial charge in [0.05, 0.1) is 25.3 Å². The maximum Gasteiger partial charge on any atom is 0.407 e. The highest BCUT2D eigenvalue weighted by molar-refractivity contribution is 5.71. The van der Waals surface area contributed by atoms with Crippen LogP contribution in [0.15, 0.2) is 30.3 Å². The number of ether oxygens (including phenoxy) is 2. The van der Waals surface area contributed by atoms with Crippen molar-refractivity contribution in [3.8, 4) is 0 Å². The lowest BCUT2D eigenvalue weighted by atomic mass is 10.1. The second-order valence-electron chi connectivity index (χ2n) is 7.46. The van der Waals surface area contributed by atoms with E-state index >= 15 is 0 Å². The second-order valence-corrected chi connectivity index (χ2v) is 7.46. The summed E-state index contributed by atoms with van der Waals surface area (Å²) in [5.74, 6) is -0.353. The fourth-order valence-corrected chi connectivity index (χ4v) is 2.43. The molecule has 0 aliphatic rings. The maximum atomic E-state index is 11.9. The molecule has 7 heteroatoms. The fourth-order valence-electron chi connectivity index (χ4n) is 2.43. The van der Waals surface area contributed by atoms with Gasteiger partial charge in [0, 0.05) is 13.1 Å². The maximum absolute atomic E-state index is 11.9. The van der Waals surface area contributed by atoms with Crippen LogP contribution in [0.3, 0.4) is 0 Å². The Hall–Kier alpha value is -2.12. The van der Waals surface area contributed by atoms with Gasteiger partial charge in [-0.25, -0.2) is 4.79 Å². The molecule has 0 radical (unpaired) electrons. The average Bonchev–Trinajstić information content (AvgIpc) is 2.53. The van der Waals surface area contributed by atoms with Gasteiger partial charge in [-0.1, -0.05) is 30.3 Å². The van der Waals surface area contributed by atoms with Gasteiger partial charge in [0.25, 0.3) is 0 Å². The number of nitrogens with one attached hydrogen (secondary N) is 1. The van der Waals surface area contributed by atoms with Gasteiger partial charge in [0.15, 0.2) is 0 Å². The number of amides is 1. The summed E-state index contributed by atoms with van der Waals surface area (Å²) < 4.78 is 10.2.